The summed E-state index contributed by atoms with van der Waals surface area (Å²) in [4.78, 5) is 239. The lowest BCUT2D eigenvalue weighted by Crippen LogP contribution is -2.48. The van der Waals surface area contributed by atoms with Gasteiger partial charge in [0.1, 0.15) is 0 Å². The van der Waals surface area contributed by atoms with Crippen molar-refractivity contribution in [2.75, 3.05) is 52.4 Å². The van der Waals surface area contributed by atoms with Gasteiger partial charge in [0, 0.05) is 123 Å². The predicted molar refractivity (Wildman–Crippen MR) is 249 cm³/mol. The molecule has 0 aromatic carbocycles. The lowest BCUT2D eigenvalue weighted by atomic mass is 10.1. The second-order valence-corrected chi connectivity index (χ2v) is 17.3. The van der Waals surface area contributed by atoms with Crippen molar-refractivity contribution < 1.29 is 101 Å². The van der Waals surface area contributed by atoms with E-state index in [2.05, 4.69) is 26.6 Å². The first-order chi connectivity index (χ1) is 36.1. The molecule has 13 amide bonds. The Morgan fingerprint density at radius 2 is 0.711 bits per heavy atom. The van der Waals surface area contributed by atoms with Gasteiger partial charge in [0.2, 0.25) is 29.5 Å². The Kier molecular flexibility index (Phi) is 23.5. The van der Waals surface area contributed by atoms with E-state index in [0.29, 0.717) is 0 Å². The standard InChI is InChI=1S/C45H54BrN9O21/c1-2-3-29(56)47-26-28(27-48-30(57)12-19-46)45(72)51(20-13-31(58)49(22-15-41(68)73-52-33(60)4-5-34(52)61)23-16-42(69)74-53-35(62)6-7-36(53)63)21-14-32(59)50(24-17-43(70)75-54-37(64)8-9-38(54)65)25-18-44(71)76-55-39(66)10-11-40(55)67/h2-3,12,19,28H,4-11,13-18,20-27H2,1H3,(H,47,56)(H,48,57)/b3-2+,19-12+. The van der Waals surface area contributed by atoms with Gasteiger partial charge in [0.15, 0.2) is 0 Å². The maximum atomic E-state index is 14.5. The number of hydrogen-bond acceptors (Lipinski definition) is 21. The number of nitrogens with zero attached hydrogens (tertiary/aromatic N) is 7. The Labute approximate surface area is 440 Å². The molecule has 0 aromatic rings. The molecule has 0 radical (unpaired) electrons. The molecule has 4 saturated heterocycles. The Morgan fingerprint density at radius 3 is 0.974 bits per heavy atom. The van der Waals surface area contributed by atoms with E-state index in [4.69, 9.17) is 19.4 Å². The fourth-order valence-corrected chi connectivity index (χ4v) is 7.48. The van der Waals surface area contributed by atoms with E-state index in [-0.39, 0.29) is 71.6 Å². The Morgan fingerprint density at radius 1 is 0.447 bits per heavy atom. The molecule has 76 heavy (non-hydrogen) atoms. The van der Waals surface area contributed by atoms with Crippen LogP contribution in [0.1, 0.15) is 96.8 Å². The average molecular weight is 1140 g/mol. The minimum atomic E-state index is -1.30. The van der Waals surface area contributed by atoms with Crippen molar-refractivity contribution in [1.29, 1.82) is 0 Å². The van der Waals surface area contributed by atoms with Gasteiger partial charge in [0.25, 0.3) is 47.3 Å². The molecule has 0 saturated carbocycles. The molecule has 4 heterocycles. The topological polar surface area (TPSA) is 374 Å². The minimum absolute atomic E-state index is 0.220. The van der Waals surface area contributed by atoms with Crippen molar-refractivity contribution in [3.05, 3.63) is 23.2 Å². The van der Waals surface area contributed by atoms with Gasteiger partial charge in [-0.1, -0.05) is 22.0 Å². The molecule has 4 aliphatic rings. The third kappa shape index (κ3) is 18.6. The van der Waals surface area contributed by atoms with Crippen molar-refractivity contribution in [2.24, 2.45) is 5.92 Å². The van der Waals surface area contributed by atoms with Crippen molar-refractivity contribution in [2.45, 2.75) is 96.8 Å². The lowest BCUT2D eigenvalue weighted by Gasteiger charge is -2.30. The summed E-state index contributed by atoms with van der Waals surface area (Å²) in [5.41, 5.74) is 0. The molecule has 0 aliphatic carbocycles. The smallest absolute Gasteiger partial charge is 0.334 e. The summed E-state index contributed by atoms with van der Waals surface area (Å²) in [7, 11) is 0. The van der Waals surface area contributed by atoms with Crippen LogP contribution in [0.25, 0.3) is 0 Å². The van der Waals surface area contributed by atoms with E-state index in [0.717, 1.165) is 26.9 Å². The van der Waals surface area contributed by atoms with Crippen molar-refractivity contribution in [1.82, 2.24) is 45.6 Å². The number of carbonyl (C=O) groups is 17. The zero-order chi connectivity index (χ0) is 56.1. The number of halogens is 1. The number of hydroxylamine groups is 8. The maximum absolute atomic E-state index is 14.5. The van der Waals surface area contributed by atoms with Crippen LogP contribution in [-0.2, 0) is 101 Å². The summed E-state index contributed by atoms with van der Waals surface area (Å²) < 4.78 is 0. The van der Waals surface area contributed by atoms with E-state index < -0.39 is 197 Å². The van der Waals surface area contributed by atoms with Crippen LogP contribution < -0.4 is 10.6 Å². The van der Waals surface area contributed by atoms with Gasteiger partial charge in [0.05, 0.1) is 31.6 Å². The van der Waals surface area contributed by atoms with Gasteiger partial charge in [-0.3, -0.25) is 62.3 Å². The third-order valence-corrected chi connectivity index (χ3v) is 11.5. The van der Waals surface area contributed by atoms with Crippen molar-refractivity contribution in [3.8, 4) is 0 Å². The van der Waals surface area contributed by atoms with Crippen LogP contribution in [0.2, 0.25) is 0 Å². The number of allylic oxidation sites excluding steroid dienone is 1. The van der Waals surface area contributed by atoms with E-state index in [1.807, 2.05) is 0 Å². The molecule has 2 N–H and O–H groups in total. The summed E-state index contributed by atoms with van der Waals surface area (Å²) in [6, 6.07) is 0. The minimum Gasteiger partial charge on any atom is -0.352 e. The number of nitrogens with one attached hydrogen (secondary N) is 2. The molecule has 0 spiro atoms. The highest BCUT2D eigenvalue weighted by Crippen LogP contribution is 2.18. The molecular weight excluding hydrogens is 1080 g/mol. The fraction of sp³-hybridized carbons (Fsp3) is 0.533. The summed E-state index contributed by atoms with van der Waals surface area (Å²) in [6.45, 7) is -2.58. The SMILES string of the molecule is C/C=C/C(=O)NCC(CNC(=O)/C=C/Br)C(=O)N(CCC(=O)N(CCC(=O)ON1C(=O)CCC1=O)CCC(=O)ON1C(=O)CCC1=O)CCC(=O)N(CCC(=O)ON1C(=O)CCC1=O)CCC(=O)ON1C(=O)CCC1=O. The van der Waals surface area contributed by atoms with Crippen molar-refractivity contribution >= 4 is 117 Å². The maximum Gasteiger partial charge on any atom is 0.334 e. The van der Waals surface area contributed by atoms with E-state index in [9.17, 15) is 81.5 Å². The first-order valence-corrected chi connectivity index (χ1v) is 24.6. The van der Waals surface area contributed by atoms with Crippen LogP contribution in [-0.4, -0.2) is 188 Å². The molecule has 0 aromatic heterocycles. The molecule has 412 valence electrons. The number of imide groups is 4. The highest BCUT2D eigenvalue weighted by molar-refractivity contribution is 9.11. The van der Waals surface area contributed by atoms with Gasteiger partial charge in [-0.15, -0.1) is 20.3 Å². The second-order valence-electron chi connectivity index (χ2n) is 16.7. The first kappa shape index (κ1) is 60.3. The van der Waals surface area contributed by atoms with Crippen LogP contribution >= 0.6 is 15.9 Å². The zero-order valence-corrected chi connectivity index (χ0v) is 42.6. The molecule has 30 nitrogen and oxygen atoms in total. The summed E-state index contributed by atoms with van der Waals surface area (Å²) in [5.74, 6) is -16.2. The summed E-state index contributed by atoms with van der Waals surface area (Å²) in [5, 5.41) is 6.09. The third-order valence-electron chi connectivity index (χ3n) is 11.3. The summed E-state index contributed by atoms with van der Waals surface area (Å²) >= 11 is 2.97. The Balaban J connectivity index is 1.59. The molecular formula is C45H54BrN9O21. The quantitative estimate of drug-likeness (QED) is 0.0581. The van der Waals surface area contributed by atoms with Gasteiger partial charge in [-0.2, -0.15) is 0 Å². The van der Waals surface area contributed by atoms with Crippen LogP contribution in [0, 0.1) is 5.92 Å². The molecule has 4 rings (SSSR count). The van der Waals surface area contributed by atoms with Gasteiger partial charge >= 0.3 is 23.9 Å². The van der Waals surface area contributed by atoms with Gasteiger partial charge in [-0.05, 0) is 18.0 Å². The van der Waals surface area contributed by atoms with Gasteiger partial charge in [-0.25, -0.2) is 19.2 Å². The molecule has 31 heteroatoms. The van der Waals surface area contributed by atoms with Crippen LogP contribution in [0.15, 0.2) is 23.2 Å². The number of rotatable bonds is 29. The second kappa shape index (κ2) is 29.6. The van der Waals surface area contributed by atoms with Crippen LogP contribution in [0.5, 0.6) is 0 Å². The highest BCUT2D eigenvalue weighted by atomic mass is 79.9. The Bertz CT molecular complexity index is 2120. The zero-order valence-electron chi connectivity index (χ0n) is 41.0. The largest absolute Gasteiger partial charge is 0.352 e. The van der Waals surface area contributed by atoms with Gasteiger partial charge < -0.3 is 44.7 Å². The number of carbonyl (C=O) groups excluding carboxylic acids is 17. The monoisotopic (exact) mass is 1140 g/mol. The predicted octanol–water partition coefficient (Wildman–Crippen LogP) is -2.43. The van der Waals surface area contributed by atoms with E-state index in [1.54, 1.807) is 6.92 Å². The number of amides is 13. The number of hydrogen-bond donors (Lipinski definition) is 2. The highest BCUT2D eigenvalue weighted by Gasteiger charge is 2.37. The molecule has 4 fully saturated rings. The summed E-state index contributed by atoms with van der Waals surface area (Å²) in [6.07, 6.45) is -2.09. The molecule has 0 bridgehead atoms. The van der Waals surface area contributed by atoms with E-state index in [1.165, 1.54) is 11.1 Å². The average Bonchev–Trinajstić information content (AvgIpc) is 4.08. The molecule has 1 atom stereocenters. The van der Waals surface area contributed by atoms with Crippen molar-refractivity contribution in [3.63, 3.8) is 0 Å². The molecule has 4 aliphatic heterocycles. The van der Waals surface area contributed by atoms with E-state index >= 15 is 0 Å². The van der Waals surface area contributed by atoms with Crippen LogP contribution in [0.4, 0.5) is 0 Å². The lowest BCUT2D eigenvalue weighted by molar-refractivity contribution is -0.198. The fourth-order valence-electron chi connectivity index (χ4n) is 7.24. The normalized spacial score (nSPS) is 16.0. The van der Waals surface area contributed by atoms with Crippen LogP contribution in [0.3, 0.4) is 0 Å². The Hall–Kier alpha value is -8.25. The first-order valence-electron chi connectivity index (χ1n) is 23.7. The molecule has 1 unspecified atom stereocenters.